The van der Waals surface area contributed by atoms with Crippen molar-refractivity contribution in [2.75, 3.05) is 20.3 Å². The molecule has 0 spiro atoms. The summed E-state index contributed by atoms with van der Waals surface area (Å²) in [5.74, 6) is 3.76. The molecule has 3 aliphatic rings. The molecule has 52 heavy (non-hydrogen) atoms. The molecule has 0 radical (unpaired) electrons. The van der Waals surface area contributed by atoms with Crippen LogP contribution in [0.1, 0.15) is 140 Å². The maximum absolute atomic E-state index is 12.3. The Balaban J connectivity index is 0.000000269. The normalized spacial score (nSPS) is 20.6. The van der Waals surface area contributed by atoms with Crippen LogP contribution in [-0.2, 0) is 14.3 Å². The van der Waals surface area contributed by atoms with Gasteiger partial charge in [0.2, 0.25) is 0 Å². The van der Waals surface area contributed by atoms with Crippen molar-refractivity contribution < 1.29 is 28.5 Å². The highest BCUT2D eigenvalue weighted by molar-refractivity contribution is 5.81. The van der Waals surface area contributed by atoms with Gasteiger partial charge in [0.05, 0.1) is 26.2 Å². The predicted octanol–water partition coefficient (Wildman–Crippen LogP) is 11.6. The summed E-state index contributed by atoms with van der Waals surface area (Å²) < 4.78 is 21.4. The molecule has 0 aromatic heterocycles. The third-order valence-corrected chi connectivity index (χ3v) is 10.6. The van der Waals surface area contributed by atoms with E-state index in [4.69, 9.17) is 24.4 Å². The number of allylic oxidation sites excluding steroid dienone is 1. The van der Waals surface area contributed by atoms with Gasteiger partial charge in [-0.25, -0.2) is 4.79 Å². The first-order valence-electron chi connectivity index (χ1n) is 19.9. The lowest BCUT2D eigenvalue weighted by Gasteiger charge is -2.29. The Morgan fingerprint density at radius 1 is 0.808 bits per heavy atom. The molecule has 0 heterocycles. The highest BCUT2D eigenvalue weighted by Gasteiger charge is 2.26. The highest BCUT2D eigenvalue weighted by atomic mass is 16.5. The second kappa shape index (κ2) is 25.2. The molecule has 0 atom stereocenters. The number of carbonyl (C=O) groups is 2. The van der Waals surface area contributed by atoms with Crippen molar-refractivity contribution in [3.8, 4) is 17.2 Å². The van der Waals surface area contributed by atoms with Crippen molar-refractivity contribution in [2.24, 2.45) is 17.8 Å². The summed E-state index contributed by atoms with van der Waals surface area (Å²) in [5.41, 5.74) is 2.28. The second-order valence-electron chi connectivity index (χ2n) is 14.4. The Bertz CT molecular complexity index is 1330. The Kier molecular flexibility index (Phi) is 20.6. The lowest BCUT2D eigenvalue weighted by molar-refractivity contribution is -0.140. The number of hydrogen-bond acceptors (Lipinski definition) is 7. The predicted molar refractivity (Wildman–Crippen MR) is 212 cm³/mol. The fourth-order valence-corrected chi connectivity index (χ4v) is 6.94. The highest BCUT2D eigenvalue weighted by Crippen LogP contribution is 2.38. The van der Waals surface area contributed by atoms with Crippen LogP contribution >= 0.6 is 0 Å². The van der Waals surface area contributed by atoms with Gasteiger partial charge in [-0.2, -0.15) is 0 Å². The third-order valence-electron chi connectivity index (χ3n) is 10.6. The molecule has 286 valence electrons. The average Bonchev–Trinajstić information content (AvgIpc) is 3.16. The SMILES string of the molecule is C1CCC1.C=CC(=O)OCCCCCCOc1ccc(OC(=O)C2CCC(C=C)CC2)cc1.CCCC1CCC(c2ccc(OC)c(C=N)c2)CC1. The van der Waals surface area contributed by atoms with Crippen molar-refractivity contribution in [3.63, 3.8) is 0 Å². The Morgan fingerprint density at radius 2 is 1.44 bits per heavy atom. The number of carbonyl (C=O) groups excluding carboxylic acids is 2. The maximum atomic E-state index is 12.3. The zero-order valence-electron chi connectivity index (χ0n) is 32.1. The van der Waals surface area contributed by atoms with Crippen LogP contribution < -0.4 is 14.2 Å². The zero-order valence-corrected chi connectivity index (χ0v) is 32.1. The first-order valence-corrected chi connectivity index (χ1v) is 19.9. The number of methoxy groups -OCH3 is 1. The van der Waals surface area contributed by atoms with Crippen LogP contribution in [-0.4, -0.2) is 38.5 Å². The molecule has 1 N–H and O–H groups in total. The number of esters is 2. The topological polar surface area (TPSA) is 94.9 Å². The van der Waals surface area contributed by atoms with E-state index in [9.17, 15) is 9.59 Å². The summed E-state index contributed by atoms with van der Waals surface area (Å²) in [6.07, 6.45) is 26.1. The van der Waals surface area contributed by atoms with Gasteiger partial charge in [-0.1, -0.05) is 64.2 Å². The van der Waals surface area contributed by atoms with Crippen LogP contribution in [0.5, 0.6) is 17.2 Å². The Labute approximate surface area is 314 Å². The molecule has 3 fully saturated rings. The van der Waals surface area contributed by atoms with E-state index >= 15 is 0 Å². The van der Waals surface area contributed by atoms with Gasteiger partial charge < -0.3 is 24.4 Å². The summed E-state index contributed by atoms with van der Waals surface area (Å²) >= 11 is 0. The van der Waals surface area contributed by atoms with Gasteiger partial charge in [-0.15, -0.1) is 6.58 Å². The quantitative estimate of drug-likeness (QED) is 0.0437. The van der Waals surface area contributed by atoms with Gasteiger partial charge in [-0.3, -0.25) is 4.79 Å². The van der Waals surface area contributed by atoms with Crippen molar-refractivity contribution in [2.45, 2.75) is 128 Å². The van der Waals surface area contributed by atoms with E-state index in [0.29, 0.717) is 30.8 Å². The number of hydrogen-bond donors (Lipinski definition) is 1. The van der Waals surface area contributed by atoms with Gasteiger partial charge in [0, 0.05) is 17.9 Å². The molecule has 0 amide bonds. The number of nitrogens with one attached hydrogen (secondary N) is 1. The lowest BCUT2D eigenvalue weighted by atomic mass is 9.77. The largest absolute Gasteiger partial charge is 0.496 e. The lowest BCUT2D eigenvalue weighted by Crippen LogP contribution is -2.25. The number of benzene rings is 2. The van der Waals surface area contributed by atoms with E-state index < -0.39 is 0 Å². The summed E-state index contributed by atoms with van der Waals surface area (Å²) in [4.78, 5) is 23.2. The fourth-order valence-electron chi connectivity index (χ4n) is 6.94. The maximum Gasteiger partial charge on any atom is 0.330 e. The molecular formula is C45H65NO6. The van der Waals surface area contributed by atoms with Crippen LogP contribution in [0.15, 0.2) is 67.8 Å². The van der Waals surface area contributed by atoms with Gasteiger partial charge in [0.15, 0.2) is 0 Å². The van der Waals surface area contributed by atoms with Gasteiger partial charge in [0.1, 0.15) is 17.2 Å². The monoisotopic (exact) mass is 715 g/mol. The van der Waals surface area contributed by atoms with Crippen LogP contribution in [0.3, 0.4) is 0 Å². The molecule has 2 aromatic carbocycles. The first-order chi connectivity index (χ1) is 25.4. The standard InChI is InChI=1S/C24H32O5.C17H25NO.C4H8/c1-3-19-9-11-20(12-10-19)24(26)29-22-15-13-21(14-16-22)27-17-7-5-6-8-18-28-23(25)4-2;1-3-4-13-5-7-14(8-6-13)15-9-10-17(19-2)16(11-15)12-18;1-2-4-3-1/h3-4,13-16,19-20H,1-2,5-12,17-18H2;9-14,18H,3-8H2,1-2H3;1-4H2. The fraction of sp³-hybridized carbons (Fsp3) is 0.578. The molecule has 0 unspecified atom stereocenters. The summed E-state index contributed by atoms with van der Waals surface area (Å²) in [7, 11) is 1.66. The number of rotatable bonds is 17. The first kappa shape index (κ1) is 42.5. The second-order valence-corrected chi connectivity index (χ2v) is 14.4. The summed E-state index contributed by atoms with van der Waals surface area (Å²) in [5, 5.41) is 7.48. The van der Waals surface area contributed by atoms with Gasteiger partial charge in [0.25, 0.3) is 0 Å². The van der Waals surface area contributed by atoms with Crippen molar-refractivity contribution in [3.05, 3.63) is 78.9 Å². The molecule has 3 saturated carbocycles. The molecule has 7 heteroatoms. The Hall–Kier alpha value is -3.87. The van der Waals surface area contributed by atoms with Crippen LogP contribution in [0.25, 0.3) is 0 Å². The zero-order chi connectivity index (χ0) is 37.4. The minimum absolute atomic E-state index is 0.0117. The third kappa shape index (κ3) is 15.8. The Morgan fingerprint density at radius 3 is 2.00 bits per heavy atom. The van der Waals surface area contributed by atoms with Crippen LogP contribution in [0, 0.1) is 23.2 Å². The van der Waals surface area contributed by atoms with E-state index in [1.165, 1.54) is 82.1 Å². The summed E-state index contributed by atoms with van der Waals surface area (Å²) in [6, 6.07) is 13.5. The number of unbranched alkanes of at least 4 members (excludes halogenated alkanes) is 3. The molecule has 0 bridgehead atoms. The molecule has 0 aliphatic heterocycles. The van der Waals surface area contributed by atoms with E-state index in [2.05, 4.69) is 32.2 Å². The summed E-state index contributed by atoms with van der Waals surface area (Å²) in [6.45, 7) is 10.5. The van der Waals surface area contributed by atoms with E-state index in [-0.39, 0.29) is 17.9 Å². The van der Waals surface area contributed by atoms with Gasteiger partial charge in [-0.05, 0) is 137 Å². The van der Waals surface area contributed by atoms with Crippen molar-refractivity contribution >= 4 is 18.2 Å². The van der Waals surface area contributed by atoms with Crippen molar-refractivity contribution in [1.82, 2.24) is 0 Å². The molecular weight excluding hydrogens is 650 g/mol. The van der Waals surface area contributed by atoms with Crippen molar-refractivity contribution in [1.29, 1.82) is 5.41 Å². The minimum atomic E-state index is -0.373. The van der Waals surface area contributed by atoms with E-state index in [1.54, 1.807) is 19.2 Å². The van der Waals surface area contributed by atoms with E-state index in [1.807, 2.05) is 24.3 Å². The molecule has 7 nitrogen and oxygen atoms in total. The van der Waals surface area contributed by atoms with E-state index in [0.717, 1.165) is 74.3 Å². The van der Waals surface area contributed by atoms with Crippen LogP contribution in [0.2, 0.25) is 0 Å². The molecule has 3 aliphatic carbocycles. The van der Waals surface area contributed by atoms with Gasteiger partial charge >= 0.3 is 11.9 Å². The smallest absolute Gasteiger partial charge is 0.330 e. The van der Waals surface area contributed by atoms with Crippen LogP contribution in [0.4, 0.5) is 0 Å². The minimum Gasteiger partial charge on any atom is -0.496 e. The molecule has 2 aromatic rings. The molecule has 0 saturated heterocycles. The number of ether oxygens (including phenoxy) is 4. The average molecular weight is 716 g/mol. The molecule has 5 rings (SSSR count).